The number of nitrogens with one attached hydrogen (secondary N) is 2. The highest BCUT2D eigenvalue weighted by molar-refractivity contribution is 6.67. The molecule has 2 rings (SSSR count). The van der Waals surface area contributed by atoms with Crippen molar-refractivity contribution in [2.45, 2.75) is 37.5 Å². The fourth-order valence-electron chi connectivity index (χ4n) is 2.86. The molecule has 0 aromatic heterocycles. The number of hydrogen-bond acceptors (Lipinski definition) is 8. The number of halogens is 1. The first-order valence-electron chi connectivity index (χ1n) is 9.74. The number of nitrogens with two attached hydrogens (primary N) is 2. The fourth-order valence-corrected chi connectivity index (χ4v) is 3.07. The van der Waals surface area contributed by atoms with Crippen LogP contribution in [0.15, 0.2) is 29.3 Å². The molecule has 3 unspecified atom stereocenters. The van der Waals surface area contributed by atoms with Gasteiger partial charge in [0.2, 0.25) is 5.96 Å². The molecule has 1 amide bonds. The summed E-state index contributed by atoms with van der Waals surface area (Å²) in [4.78, 5) is 18.3. The van der Waals surface area contributed by atoms with Gasteiger partial charge in [0.1, 0.15) is 24.6 Å². The first-order chi connectivity index (χ1) is 14.7. The summed E-state index contributed by atoms with van der Waals surface area (Å²) in [7, 11) is 0. The van der Waals surface area contributed by atoms with E-state index in [4.69, 9.17) is 43.7 Å². The minimum absolute atomic E-state index is 0.0969. The molecule has 0 saturated carbocycles. The zero-order chi connectivity index (χ0) is 23.1. The Bertz CT molecular complexity index is 850. The van der Waals surface area contributed by atoms with Gasteiger partial charge in [-0.3, -0.25) is 25.5 Å². The van der Waals surface area contributed by atoms with Crippen LogP contribution in [0.3, 0.4) is 0 Å². The number of ether oxygens (including phenoxy) is 1. The lowest BCUT2D eigenvalue weighted by Gasteiger charge is -2.40. The number of anilines is 1. The maximum Gasteiger partial charge on any atom is 0.270 e. The van der Waals surface area contributed by atoms with Gasteiger partial charge >= 0.3 is 0 Å². The van der Waals surface area contributed by atoms with Crippen LogP contribution in [0.1, 0.15) is 19.8 Å². The van der Waals surface area contributed by atoms with E-state index < -0.39 is 36.1 Å². The highest BCUT2D eigenvalue weighted by Crippen LogP contribution is 2.25. The summed E-state index contributed by atoms with van der Waals surface area (Å²) in [6, 6.07) is 6.80. The van der Waals surface area contributed by atoms with Gasteiger partial charge in [0.05, 0.1) is 6.61 Å². The second kappa shape index (κ2) is 11.0. The van der Waals surface area contributed by atoms with Crippen LogP contribution in [0.4, 0.5) is 5.69 Å². The van der Waals surface area contributed by atoms with Crippen LogP contribution in [0.2, 0.25) is 0 Å². The molecule has 170 valence electrons. The summed E-state index contributed by atoms with van der Waals surface area (Å²) >= 11 is 6.14. The SMILES string of the molecule is CCCCN(C(=N)N1C(=N)C(C(N)=O)=NC(Cl)C1N)c1cccc(OCC(O)CO)c1. The first kappa shape index (κ1) is 24.5. The van der Waals surface area contributed by atoms with Gasteiger partial charge in [0, 0.05) is 18.3 Å². The first-order valence-corrected chi connectivity index (χ1v) is 10.2. The molecule has 1 aromatic rings. The van der Waals surface area contributed by atoms with Gasteiger partial charge in [0.15, 0.2) is 17.0 Å². The van der Waals surface area contributed by atoms with E-state index in [0.29, 0.717) is 18.0 Å². The van der Waals surface area contributed by atoms with E-state index in [1.54, 1.807) is 29.2 Å². The molecule has 3 atom stereocenters. The smallest absolute Gasteiger partial charge is 0.270 e. The van der Waals surface area contributed by atoms with Gasteiger partial charge in [-0.1, -0.05) is 31.0 Å². The number of nitrogens with zero attached hydrogens (tertiary/aromatic N) is 3. The molecule has 8 N–H and O–H groups in total. The van der Waals surface area contributed by atoms with Crippen LogP contribution < -0.4 is 21.1 Å². The molecule has 0 fully saturated rings. The van der Waals surface area contributed by atoms with Crippen molar-refractivity contribution in [3.8, 4) is 5.75 Å². The number of aliphatic hydroxyl groups excluding tert-OH is 2. The molecular formula is C19H28ClN7O4. The molecule has 1 heterocycles. The number of amides is 1. The number of benzene rings is 1. The molecule has 11 nitrogen and oxygen atoms in total. The number of hydrogen-bond donors (Lipinski definition) is 6. The molecule has 1 aromatic carbocycles. The monoisotopic (exact) mass is 453 g/mol. The fraction of sp³-hybridized carbons (Fsp3) is 0.474. The lowest BCUT2D eigenvalue weighted by molar-refractivity contribution is -0.111. The molecule has 31 heavy (non-hydrogen) atoms. The highest BCUT2D eigenvalue weighted by Gasteiger charge is 2.38. The van der Waals surface area contributed by atoms with Crippen LogP contribution in [0, 0.1) is 10.8 Å². The highest BCUT2D eigenvalue weighted by atomic mass is 35.5. The Kier molecular flexibility index (Phi) is 8.75. The summed E-state index contributed by atoms with van der Waals surface area (Å²) in [5, 5.41) is 35.5. The van der Waals surface area contributed by atoms with Crippen LogP contribution >= 0.6 is 11.6 Å². The van der Waals surface area contributed by atoms with Gasteiger partial charge in [-0.05, 0) is 18.6 Å². The second-order valence-corrected chi connectivity index (χ2v) is 7.34. The van der Waals surface area contributed by atoms with Gasteiger partial charge < -0.3 is 31.3 Å². The summed E-state index contributed by atoms with van der Waals surface area (Å²) in [6.45, 7) is 1.90. The average molecular weight is 454 g/mol. The predicted octanol–water partition coefficient (Wildman–Crippen LogP) is 0.0287. The Labute approximate surface area is 185 Å². The van der Waals surface area contributed by atoms with Crippen molar-refractivity contribution in [2.75, 3.05) is 24.7 Å². The van der Waals surface area contributed by atoms with Crippen LogP contribution in [0.5, 0.6) is 5.75 Å². The number of rotatable bonds is 9. The summed E-state index contributed by atoms with van der Waals surface area (Å²) in [5.41, 5.74) is 10.6. The lowest BCUT2D eigenvalue weighted by Crippen LogP contribution is -2.63. The van der Waals surface area contributed by atoms with E-state index in [1.165, 1.54) is 0 Å². The Morgan fingerprint density at radius 3 is 2.81 bits per heavy atom. The van der Waals surface area contributed by atoms with E-state index >= 15 is 0 Å². The Balaban J connectivity index is 2.35. The molecule has 1 aliphatic rings. The zero-order valence-electron chi connectivity index (χ0n) is 17.2. The van der Waals surface area contributed by atoms with E-state index in [9.17, 15) is 9.90 Å². The number of alkyl halides is 1. The third kappa shape index (κ3) is 5.91. The third-order valence-corrected chi connectivity index (χ3v) is 4.89. The van der Waals surface area contributed by atoms with Gasteiger partial charge in [-0.2, -0.15) is 0 Å². The maximum atomic E-state index is 11.7. The quantitative estimate of drug-likeness (QED) is 0.132. The number of carbonyl (C=O) groups is 1. The van der Waals surface area contributed by atoms with Crippen LogP contribution in [-0.4, -0.2) is 76.1 Å². The molecule has 0 bridgehead atoms. The zero-order valence-corrected chi connectivity index (χ0v) is 17.9. The standard InChI is InChI=1S/C19H28ClN7O4/c1-2-3-7-26(11-5-4-6-13(8-11)31-10-12(29)9-28)19(24)27-16(21)14(18(23)30)25-15(20)17(27)22/h4-6,8,12,15,17,21,24,28-29H,2-3,7,9-10,22H2,1H3,(H2,23,30). The van der Waals surface area contributed by atoms with E-state index in [1.807, 2.05) is 6.92 Å². The molecular weight excluding hydrogens is 426 g/mol. The molecule has 0 spiro atoms. The van der Waals surface area contributed by atoms with Crippen molar-refractivity contribution in [2.24, 2.45) is 16.5 Å². The summed E-state index contributed by atoms with van der Waals surface area (Å²) in [6.07, 6.45) is -0.489. The van der Waals surface area contributed by atoms with Gasteiger partial charge in [-0.25, -0.2) is 0 Å². The number of primary amides is 1. The Morgan fingerprint density at radius 2 is 2.19 bits per heavy atom. The van der Waals surface area contributed by atoms with Crippen molar-refractivity contribution in [1.29, 1.82) is 10.8 Å². The van der Waals surface area contributed by atoms with Crippen molar-refractivity contribution in [3.63, 3.8) is 0 Å². The van der Waals surface area contributed by atoms with E-state index in [0.717, 1.165) is 17.7 Å². The number of amidine groups is 1. The molecule has 12 heteroatoms. The number of carbonyl (C=O) groups excluding carboxylic acids is 1. The van der Waals surface area contributed by atoms with Crippen molar-refractivity contribution in [3.05, 3.63) is 24.3 Å². The van der Waals surface area contributed by atoms with Crippen molar-refractivity contribution in [1.82, 2.24) is 4.90 Å². The molecule has 0 radical (unpaired) electrons. The number of unbranched alkanes of at least 4 members (excludes halogenated alkanes) is 1. The van der Waals surface area contributed by atoms with Crippen LogP contribution in [-0.2, 0) is 4.79 Å². The van der Waals surface area contributed by atoms with E-state index in [-0.39, 0.29) is 18.3 Å². The van der Waals surface area contributed by atoms with Crippen LogP contribution in [0.25, 0.3) is 0 Å². The third-order valence-electron chi connectivity index (χ3n) is 4.53. The largest absolute Gasteiger partial charge is 0.491 e. The molecule has 0 aliphatic carbocycles. The van der Waals surface area contributed by atoms with Gasteiger partial charge in [0.25, 0.3) is 5.91 Å². The topological polar surface area (TPSA) is 185 Å². The average Bonchev–Trinajstić information content (AvgIpc) is 2.75. The minimum Gasteiger partial charge on any atom is -0.491 e. The summed E-state index contributed by atoms with van der Waals surface area (Å²) in [5.74, 6) is -1.08. The van der Waals surface area contributed by atoms with Gasteiger partial charge in [-0.15, -0.1) is 0 Å². The normalized spacial score (nSPS) is 19.6. The number of aliphatic imine (C=N–C) groups is 1. The second-order valence-electron chi connectivity index (χ2n) is 6.90. The minimum atomic E-state index is -1.07. The van der Waals surface area contributed by atoms with Crippen molar-refractivity contribution < 1.29 is 19.7 Å². The molecule has 0 saturated heterocycles. The Morgan fingerprint density at radius 1 is 1.48 bits per heavy atom. The predicted molar refractivity (Wildman–Crippen MR) is 119 cm³/mol. The number of guanidine groups is 1. The number of aliphatic hydroxyl groups is 2. The maximum absolute atomic E-state index is 11.7. The van der Waals surface area contributed by atoms with Crippen molar-refractivity contribution >= 4 is 40.7 Å². The molecule has 1 aliphatic heterocycles. The van der Waals surface area contributed by atoms with E-state index in [2.05, 4.69) is 4.99 Å². The Hall–Kier alpha value is -2.73. The lowest BCUT2D eigenvalue weighted by atomic mass is 10.2. The summed E-state index contributed by atoms with van der Waals surface area (Å²) < 4.78 is 5.50.